The van der Waals surface area contributed by atoms with Crippen LogP contribution in [0.2, 0.25) is 0 Å². The van der Waals surface area contributed by atoms with Crippen LogP contribution < -0.4 is 0 Å². The first-order valence-electron chi connectivity index (χ1n) is 2.98. The van der Waals surface area contributed by atoms with Crippen LogP contribution in [0.1, 0.15) is 26.2 Å². The van der Waals surface area contributed by atoms with Gasteiger partial charge in [-0.3, -0.25) is 0 Å². The molecule has 1 fully saturated rings. The fourth-order valence-electron chi connectivity index (χ4n) is 1.17. The van der Waals surface area contributed by atoms with E-state index in [2.05, 4.69) is 52.1 Å². The standard InChI is InChI=1S/C6H10I2/c1-5-2-3-6(7,8)4-5/h5H,2-4H2,1H3. The molecule has 1 unspecified atom stereocenters. The Morgan fingerprint density at radius 1 is 1.50 bits per heavy atom. The molecule has 0 N–H and O–H groups in total. The largest absolute Gasteiger partial charge is 0.0737 e. The van der Waals surface area contributed by atoms with E-state index in [0.29, 0.717) is 1.43 Å². The number of hydrogen-bond donors (Lipinski definition) is 0. The highest BCUT2D eigenvalue weighted by Gasteiger charge is 2.31. The monoisotopic (exact) mass is 336 g/mol. The first-order chi connectivity index (χ1) is 3.60. The second-order valence-electron chi connectivity index (χ2n) is 2.70. The van der Waals surface area contributed by atoms with Crippen LogP contribution in [0.5, 0.6) is 0 Å². The summed E-state index contributed by atoms with van der Waals surface area (Å²) in [5.74, 6) is 0.976. The summed E-state index contributed by atoms with van der Waals surface area (Å²) in [4.78, 5) is 0. The Bertz CT molecular complexity index is 88.5. The van der Waals surface area contributed by atoms with Gasteiger partial charge in [0.25, 0.3) is 0 Å². The van der Waals surface area contributed by atoms with Crippen LogP contribution >= 0.6 is 45.2 Å². The predicted molar refractivity (Wildman–Crippen MR) is 53.8 cm³/mol. The maximum atomic E-state index is 2.57. The summed E-state index contributed by atoms with van der Waals surface area (Å²) in [6.45, 7) is 2.35. The molecule has 1 atom stereocenters. The molecule has 0 aromatic carbocycles. The minimum atomic E-state index is 0.606. The second-order valence-corrected chi connectivity index (χ2v) is 8.90. The van der Waals surface area contributed by atoms with Crippen molar-refractivity contribution in [1.29, 1.82) is 0 Å². The molecule has 0 amide bonds. The zero-order valence-corrected chi connectivity index (χ0v) is 9.27. The van der Waals surface area contributed by atoms with Crippen LogP contribution in [0, 0.1) is 5.92 Å². The van der Waals surface area contributed by atoms with Gasteiger partial charge in [0.15, 0.2) is 0 Å². The topological polar surface area (TPSA) is 0 Å². The summed E-state index contributed by atoms with van der Waals surface area (Å²) in [7, 11) is 0. The molecular formula is C6H10I2. The summed E-state index contributed by atoms with van der Waals surface area (Å²) in [5.41, 5.74) is 0. The van der Waals surface area contributed by atoms with Gasteiger partial charge in [0.1, 0.15) is 0 Å². The molecule has 0 aliphatic heterocycles. The van der Waals surface area contributed by atoms with E-state index in [4.69, 9.17) is 0 Å². The lowest BCUT2D eigenvalue weighted by Crippen LogP contribution is -2.02. The van der Waals surface area contributed by atoms with Gasteiger partial charge in [-0.05, 0) is 25.2 Å². The summed E-state index contributed by atoms with van der Waals surface area (Å²) in [5, 5.41) is 0. The normalized spacial score (nSPS) is 35.6. The summed E-state index contributed by atoms with van der Waals surface area (Å²) in [6.07, 6.45) is 4.26. The van der Waals surface area contributed by atoms with Crippen molar-refractivity contribution in [3.63, 3.8) is 0 Å². The predicted octanol–water partition coefficient (Wildman–Crippen LogP) is 3.37. The molecule has 8 heavy (non-hydrogen) atoms. The van der Waals surface area contributed by atoms with Crippen LogP contribution in [0.4, 0.5) is 0 Å². The Kier molecular flexibility index (Phi) is 2.46. The van der Waals surface area contributed by atoms with Gasteiger partial charge in [-0.15, -0.1) is 0 Å². The summed E-state index contributed by atoms with van der Waals surface area (Å²) < 4.78 is 0.606. The number of alkyl halides is 2. The second kappa shape index (κ2) is 2.60. The van der Waals surface area contributed by atoms with Gasteiger partial charge < -0.3 is 0 Å². The highest BCUT2D eigenvalue weighted by molar-refractivity contribution is 14.2. The lowest BCUT2D eigenvalue weighted by atomic mass is 10.2. The highest BCUT2D eigenvalue weighted by Crippen LogP contribution is 2.46. The van der Waals surface area contributed by atoms with Gasteiger partial charge in [0, 0.05) is 0 Å². The number of halogens is 2. The average molecular weight is 336 g/mol. The van der Waals surface area contributed by atoms with Crippen molar-refractivity contribution < 1.29 is 0 Å². The van der Waals surface area contributed by atoms with Gasteiger partial charge in [0.2, 0.25) is 0 Å². The van der Waals surface area contributed by atoms with E-state index in [1.54, 1.807) is 0 Å². The van der Waals surface area contributed by atoms with Crippen molar-refractivity contribution in [2.45, 2.75) is 27.6 Å². The molecule has 0 radical (unpaired) electrons. The number of hydrogen-bond acceptors (Lipinski definition) is 0. The smallest absolute Gasteiger partial charge is 0.0672 e. The lowest BCUT2D eigenvalue weighted by molar-refractivity contribution is 0.614. The van der Waals surface area contributed by atoms with Crippen molar-refractivity contribution in [2.75, 3.05) is 0 Å². The van der Waals surface area contributed by atoms with E-state index in [1.165, 1.54) is 19.3 Å². The third-order valence-corrected chi connectivity index (χ3v) is 3.61. The minimum Gasteiger partial charge on any atom is -0.0672 e. The first kappa shape index (κ1) is 7.57. The maximum absolute atomic E-state index is 2.57. The van der Waals surface area contributed by atoms with Crippen LogP contribution in [-0.4, -0.2) is 1.43 Å². The maximum Gasteiger partial charge on any atom is 0.0737 e. The van der Waals surface area contributed by atoms with Gasteiger partial charge in [-0.25, -0.2) is 0 Å². The van der Waals surface area contributed by atoms with E-state index in [-0.39, 0.29) is 0 Å². The molecule has 0 aromatic rings. The molecule has 1 rings (SSSR count). The molecule has 1 saturated carbocycles. The Labute approximate surface area is 78.1 Å². The van der Waals surface area contributed by atoms with Crippen molar-refractivity contribution in [2.24, 2.45) is 5.92 Å². The highest BCUT2D eigenvalue weighted by atomic mass is 127. The van der Waals surface area contributed by atoms with E-state index in [9.17, 15) is 0 Å². The average Bonchev–Trinajstić information content (AvgIpc) is 1.82. The third kappa shape index (κ3) is 2.01. The van der Waals surface area contributed by atoms with Gasteiger partial charge in [-0.2, -0.15) is 0 Å². The van der Waals surface area contributed by atoms with E-state index in [0.717, 1.165) is 5.92 Å². The number of rotatable bonds is 0. The van der Waals surface area contributed by atoms with E-state index < -0.39 is 0 Å². The molecule has 0 bridgehead atoms. The van der Waals surface area contributed by atoms with Crippen molar-refractivity contribution in [3.8, 4) is 0 Å². The van der Waals surface area contributed by atoms with E-state index >= 15 is 0 Å². The molecular weight excluding hydrogens is 326 g/mol. The molecule has 0 saturated heterocycles. The Hall–Kier alpha value is 1.46. The van der Waals surface area contributed by atoms with Crippen LogP contribution in [0.3, 0.4) is 0 Å². The Morgan fingerprint density at radius 3 is 2.25 bits per heavy atom. The lowest BCUT2D eigenvalue weighted by Gasteiger charge is -2.10. The fourth-order valence-corrected chi connectivity index (χ4v) is 3.30. The zero-order valence-electron chi connectivity index (χ0n) is 4.95. The van der Waals surface area contributed by atoms with Crippen LogP contribution in [-0.2, 0) is 0 Å². The van der Waals surface area contributed by atoms with Gasteiger partial charge >= 0.3 is 0 Å². The molecule has 48 valence electrons. The molecule has 1 aliphatic carbocycles. The summed E-state index contributed by atoms with van der Waals surface area (Å²) in [6, 6.07) is 0. The fraction of sp³-hybridized carbons (Fsp3) is 1.00. The zero-order chi connectivity index (χ0) is 6.20. The molecule has 0 aromatic heterocycles. The van der Waals surface area contributed by atoms with Crippen LogP contribution in [0.15, 0.2) is 0 Å². The Balaban J connectivity index is 2.44. The minimum absolute atomic E-state index is 0.606. The molecule has 0 spiro atoms. The quantitative estimate of drug-likeness (QED) is 0.470. The van der Waals surface area contributed by atoms with Crippen molar-refractivity contribution in [1.82, 2.24) is 0 Å². The van der Waals surface area contributed by atoms with Gasteiger partial charge in [-0.1, -0.05) is 52.1 Å². The summed E-state index contributed by atoms with van der Waals surface area (Å²) >= 11 is 5.14. The molecule has 0 nitrogen and oxygen atoms in total. The molecule has 2 heteroatoms. The first-order valence-corrected chi connectivity index (χ1v) is 5.14. The van der Waals surface area contributed by atoms with Crippen LogP contribution in [0.25, 0.3) is 0 Å². The Morgan fingerprint density at radius 2 is 2.12 bits per heavy atom. The molecule has 1 aliphatic rings. The third-order valence-electron chi connectivity index (χ3n) is 1.65. The van der Waals surface area contributed by atoms with Gasteiger partial charge in [0.05, 0.1) is 1.43 Å². The molecule has 0 heterocycles. The van der Waals surface area contributed by atoms with E-state index in [1.807, 2.05) is 0 Å². The van der Waals surface area contributed by atoms with Crippen molar-refractivity contribution >= 4 is 45.2 Å². The van der Waals surface area contributed by atoms with Crippen molar-refractivity contribution in [3.05, 3.63) is 0 Å². The SMILES string of the molecule is CC1CCC(I)(I)C1.